The van der Waals surface area contributed by atoms with E-state index in [1.165, 1.54) is 5.56 Å². The average Bonchev–Trinajstić information content (AvgIpc) is 2.30. The Labute approximate surface area is 101 Å². The smallest absolute Gasteiger partial charge is 0.166 e. The van der Waals surface area contributed by atoms with Gasteiger partial charge < -0.3 is 15.4 Å². The highest BCUT2D eigenvalue weighted by Crippen LogP contribution is 2.27. The SMILES string of the molecule is C[C@@H]1[C@@H](c2ccccc2)OCCN1C(N)=S. The molecule has 1 aromatic carbocycles. The van der Waals surface area contributed by atoms with Gasteiger partial charge in [0.15, 0.2) is 5.11 Å². The Kier molecular flexibility index (Phi) is 3.41. The molecule has 0 bridgehead atoms. The molecule has 1 heterocycles. The predicted molar refractivity (Wildman–Crippen MR) is 68.1 cm³/mol. The van der Waals surface area contributed by atoms with Crippen LogP contribution in [0.15, 0.2) is 30.3 Å². The second kappa shape index (κ2) is 4.80. The summed E-state index contributed by atoms with van der Waals surface area (Å²) in [6.45, 7) is 3.54. The molecule has 0 radical (unpaired) electrons. The fourth-order valence-electron chi connectivity index (χ4n) is 2.11. The summed E-state index contributed by atoms with van der Waals surface area (Å²) in [5, 5.41) is 0.455. The van der Waals surface area contributed by atoms with Crippen molar-refractivity contribution in [2.45, 2.75) is 19.1 Å². The van der Waals surface area contributed by atoms with E-state index in [-0.39, 0.29) is 12.1 Å². The van der Waals surface area contributed by atoms with Gasteiger partial charge in [-0.25, -0.2) is 0 Å². The highest BCUT2D eigenvalue weighted by Gasteiger charge is 2.30. The van der Waals surface area contributed by atoms with Crippen LogP contribution in [0, 0.1) is 0 Å². The van der Waals surface area contributed by atoms with Gasteiger partial charge in [-0.3, -0.25) is 0 Å². The maximum atomic E-state index is 5.80. The third-order valence-electron chi connectivity index (χ3n) is 2.97. The Balaban J connectivity index is 2.19. The van der Waals surface area contributed by atoms with Crippen molar-refractivity contribution >= 4 is 17.3 Å². The first kappa shape index (κ1) is 11.4. The van der Waals surface area contributed by atoms with Crippen molar-refractivity contribution in [1.82, 2.24) is 4.90 Å². The lowest BCUT2D eigenvalue weighted by Crippen LogP contribution is -2.50. The molecule has 16 heavy (non-hydrogen) atoms. The number of nitrogens with zero attached hydrogens (tertiary/aromatic N) is 1. The third kappa shape index (κ3) is 2.18. The third-order valence-corrected chi connectivity index (χ3v) is 3.21. The summed E-state index contributed by atoms with van der Waals surface area (Å²) in [6.07, 6.45) is 0.0523. The predicted octanol–water partition coefficient (Wildman–Crippen LogP) is 1.69. The minimum absolute atomic E-state index is 0.0523. The van der Waals surface area contributed by atoms with Gasteiger partial charge in [0.2, 0.25) is 0 Å². The van der Waals surface area contributed by atoms with Gasteiger partial charge in [-0.05, 0) is 24.7 Å². The second-order valence-electron chi connectivity index (χ2n) is 3.97. The standard InChI is InChI=1S/C12H16N2OS/c1-9-11(10-5-3-2-4-6-10)15-8-7-14(9)12(13)16/h2-6,9,11H,7-8H2,1H3,(H2,13,16)/t9-,11+/m1/s1. The molecule has 4 heteroatoms. The Hall–Kier alpha value is -1.13. The largest absolute Gasteiger partial charge is 0.376 e. The van der Waals surface area contributed by atoms with Crippen LogP contribution >= 0.6 is 12.2 Å². The van der Waals surface area contributed by atoms with Crippen molar-refractivity contribution < 1.29 is 4.74 Å². The molecule has 2 N–H and O–H groups in total. The number of nitrogens with two attached hydrogens (primary N) is 1. The van der Waals surface area contributed by atoms with Crippen LogP contribution in [0.25, 0.3) is 0 Å². The van der Waals surface area contributed by atoms with Gasteiger partial charge in [-0.15, -0.1) is 0 Å². The van der Waals surface area contributed by atoms with Gasteiger partial charge in [-0.2, -0.15) is 0 Å². The van der Waals surface area contributed by atoms with Gasteiger partial charge in [0.25, 0.3) is 0 Å². The summed E-state index contributed by atoms with van der Waals surface area (Å²) >= 11 is 5.04. The number of benzene rings is 1. The van der Waals surface area contributed by atoms with Crippen molar-refractivity contribution in [2.75, 3.05) is 13.2 Å². The van der Waals surface area contributed by atoms with Gasteiger partial charge in [0, 0.05) is 6.54 Å². The highest BCUT2D eigenvalue weighted by atomic mass is 32.1. The van der Waals surface area contributed by atoms with Crippen LogP contribution in [0.2, 0.25) is 0 Å². The molecule has 1 aliphatic heterocycles. The van der Waals surface area contributed by atoms with Crippen LogP contribution in [0.1, 0.15) is 18.6 Å². The number of morpholine rings is 1. The maximum absolute atomic E-state index is 5.80. The van der Waals surface area contributed by atoms with Crippen LogP contribution in [-0.2, 0) is 4.74 Å². The fraction of sp³-hybridized carbons (Fsp3) is 0.417. The van der Waals surface area contributed by atoms with E-state index in [1.807, 2.05) is 23.1 Å². The molecular formula is C12H16N2OS. The number of rotatable bonds is 1. The zero-order valence-corrected chi connectivity index (χ0v) is 10.1. The average molecular weight is 236 g/mol. The molecule has 0 amide bonds. The van der Waals surface area contributed by atoms with Crippen LogP contribution in [-0.4, -0.2) is 29.2 Å². The van der Waals surface area contributed by atoms with Crippen molar-refractivity contribution in [3.63, 3.8) is 0 Å². The van der Waals surface area contributed by atoms with E-state index in [9.17, 15) is 0 Å². The zero-order chi connectivity index (χ0) is 11.5. The molecular weight excluding hydrogens is 220 g/mol. The second-order valence-corrected chi connectivity index (χ2v) is 4.39. The van der Waals surface area contributed by atoms with Crippen LogP contribution in [0.5, 0.6) is 0 Å². The quantitative estimate of drug-likeness (QED) is 0.753. The lowest BCUT2D eigenvalue weighted by molar-refractivity contribution is -0.0408. The van der Waals surface area contributed by atoms with E-state index in [2.05, 4.69) is 19.1 Å². The molecule has 0 unspecified atom stereocenters. The van der Waals surface area contributed by atoms with Gasteiger partial charge >= 0.3 is 0 Å². The summed E-state index contributed by atoms with van der Waals surface area (Å²) < 4.78 is 5.80. The van der Waals surface area contributed by atoms with E-state index in [1.54, 1.807) is 0 Å². The minimum Gasteiger partial charge on any atom is -0.376 e. The molecule has 2 atom stereocenters. The van der Waals surface area contributed by atoms with E-state index < -0.39 is 0 Å². The summed E-state index contributed by atoms with van der Waals surface area (Å²) in [4.78, 5) is 2.02. The molecule has 0 aliphatic carbocycles. The first-order valence-electron chi connectivity index (χ1n) is 5.43. The molecule has 0 saturated carbocycles. The number of ether oxygens (including phenoxy) is 1. The summed E-state index contributed by atoms with van der Waals surface area (Å²) in [5.74, 6) is 0. The summed E-state index contributed by atoms with van der Waals surface area (Å²) in [7, 11) is 0. The lowest BCUT2D eigenvalue weighted by atomic mass is 10.0. The van der Waals surface area contributed by atoms with Crippen LogP contribution in [0.3, 0.4) is 0 Å². The highest BCUT2D eigenvalue weighted by molar-refractivity contribution is 7.80. The lowest BCUT2D eigenvalue weighted by Gasteiger charge is -2.39. The monoisotopic (exact) mass is 236 g/mol. The summed E-state index contributed by atoms with van der Waals surface area (Å²) in [5.41, 5.74) is 6.88. The van der Waals surface area contributed by atoms with Gasteiger partial charge in [-0.1, -0.05) is 30.3 Å². The Morgan fingerprint density at radius 1 is 1.44 bits per heavy atom. The van der Waals surface area contributed by atoms with Crippen molar-refractivity contribution in [1.29, 1.82) is 0 Å². The molecule has 86 valence electrons. The first-order valence-corrected chi connectivity index (χ1v) is 5.83. The van der Waals surface area contributed by atoms with E-state index in [0.29, 0.717) is 11.7 Å². The van der Waals surface area contributed by atoms with E-state index in [0.717, 1.165) is 6.54 Å². The van der Waals surface area contributed by atoms with Crippen molar-refractivity contribution in [2.24, 2.45) is 5.73 Å². The molecule has 3 nitrogen and oxygen atoms in total. The Morgan fingerprint density at radius 3 is 2.75 bits per heavy atom. The zero-order valence-electron chi connectivity index (χ0n) is 9.30. The van der Waals surface area contributed by atoms with Crippen molar-refractivity contribution in [3.05, 3.63) is 35.9 Å². The van der Waals surface area contributed by atoms with Gasteiger partial charge in [0.1, 0.15) is 6.10 Å². The molecule has 0 spiro atoms. The van der Waals surface area contributed by atoms with Crippen molar-refractivity contribution in [3.8, 4) is 0 Å². The molecule has 2 rings (SSSR count). The molecule has 1 fully saturated rings. The molecule has 1 aromatic rings. The first-order chi connectivity index (χ1) is 7.70. The normalized spacial score (nSPS) is 25.4. The number of thiocarbonyl (C=S) groups is 1. The Bertz CT molecular complexity index is 369. The Morgan fingerprint density at radius 2 is 2.12 bits per heavy atom. The maximum Gasteiger partial charge on any atom is 0.166 e. The number of hydrogen-bond donors (Lipinski definition) is 1. The molecule has 0 aromatic heterocycles. The fourth-order valence-corrected chi connectivity index (χ4v) is 2.37. The van der Waals surface area contributed by atoms with E-state index >= 15 is 0 Å². The minimum atomic E-state index is 0.0523. The number of hydrogen-bond acceptors (Lipinski definition) is 2. The molecule has 1 saturated heterocycles. The summed E-state index contributed by atoms with van der Waals surface area (Å²) in [6, 6.07) is 10.4. The molecule has 1 aliphatic rings. The van der Waals surface area contributed by atoms with Crippen LogP contribution < -0.4 is 5.73 Å². The van der Waals surface area contributed by atoms with Crippen LogP contribution in [0.4, 0.5) is 0 Å². The van der Waals surface area contributed by atoms with Gasteiger partial charge in [0.05, 0.1) is 12.6 Å². The van der Waals surface area contributed by atoms with E-state index in [4.69, 9.17) is 22.7 Å². The topological polar surface area (TPSA) is 38.5 Å².